The summed E-state index contributed by atoms with van der Waals surface area (Å²) in [4.78, 5) is 22.0. The molecule has 0 unspecified atom stereocenters. The summed E-state index contributed by atoms with van der Waals surface area (Å²) in [5.41, 5.74) is 0. The number of rotatable bonds is 10. The van der Waals surface area contributed by atoms with Gasteiger partial charge in [-0.25, -0.2) is 9.59 Å². The number of benzene rings is 2. The molecular formula is C20H20O6. The first-order valence-electron chi connectivity index (χ1n) is 8.01. The molecule has 0 saturated carbocycles. The van der Waals surface area contributed by atoms with E-state index in [0.29, 0.717) is 11.5 Å². The van der Waals surface area contributed by atoms with Gasteiger partial charge in [0, 0.05) is 17.5 Å². The van der Waals surface area contributed by atoms with Crippen molar-refractivity contribution < 1.29 is 28.5 Å². The summed E-state index contributed by atoms with van der Waals surface area (Å²) in [7, 11) is 0. The first-order valence-corrected chi connectivity index (χ1v) is 8.01. The van der Waals surface area contributed by atoms with Gasteiger partial charge in [0.05, 0.1) is 0 Å². The molecule has 0 bridgehead atoms. The highest BCUT2D eigenvalue weighted by Gasteiger charge is 2.05. The maximum absolute atomic E-state index is 11.0. The van der Waals surface area contributed by atoms with Crippen LogP contribution in [0.2, 0.25) is 0 Å². The molecule has 0 aromatic heterocycles. The van der Waals surface area contributed by atoms with Crippen LogP contribution in [-0.2, 0) is 19.1 Å². The molecule has 0 radical (unpaired) electrons. The predicted molar refractivity (Wildman–Crippen MR) is 97.3 cm³/mol. The lowest BCUT2D eigenvalue weighted by Gasteiger charge is -2.11. The van der Waals surface area contributed by atoms with Gasteiger partial charge >= 0.3 is 11.9 Å². The molecule has 0 amide bonds. The van der Waals surface area contributed by atoms with Crippen LogP contribution >= 0.6 is 0 Å². The van der Waals surface area contributed by atoms with Crippen molar-refractivity contribution >= 4 is 22.7 Å². The van der Waals surface area contributed by atoms with E-state index in [0.717, 1.165) is 22.9 Å². The fourth-order valence-electron chi connectivity index (χ4n) is 2.15. The van der Waals surface area contributed by atoms with Crippen LogP contribution in [0.4, 0.5) is 0 Å². The average molecular weight is 356 g/mol. The first-order chi connectivity index (χ1) is 12.6. The van der Waals surface area contributed by atoms with Crippen LogP contribution in [0.15, 0.2) is 61.7 Å². The van der Waals surface area contributed by atoms with Gasteiger partial charge in [0.2, 0.25) is 0 Å². The third-order valence-electron chi connectivity index (χ3n) is 3.33. The van der Waals surface area contributed by atoms with Crippen molar-refractivity contribution in [3.8, 4) is 11.5 Å². The number of hydrogen-bond acceptors (Lipinski definition) is 6. The largest absolute Gasteiger partial charge is 0.490 e. The second kappa shape index (κ2) is 9.88. The van der Waals surface area contributed by atoms with Crippen molar-refractivity contribution in [1.29, 1.82) is 0 Å². The van der Waals surface area contributed by atoms with Gasteiger partial charge in [0.25, 0.3) is 0 Å². The number of carbonyl (C=O) groups is 2. The molecule has 2 aromatic carbocycles. The fraction of sp³-hybridized carbons (Fsp3) is 0.200. The molecule has 0 aliphatic carbocycles. The van der Waals surface area contributed by atoms with E-state index in [1.165, 1.54) is 0 Å². The number of hydrogen-bond donors (Lipinski definition) is 0. The quantitative estimate of drug-likeness (QED) is 0.370. The molecule has 0 fully saturated rings. The van der Waals surface area contributed by atoms with Gasteiger partial charge in [-0.15, -0.1) is 0 Å². The molecule has 26 heavy (non-hydrogen) atoms. The van der Waals surface area contributed by atoms with Crippen LogP contribution in [0.25, 0.3) is 10.8 Å². The Morgan fingerprint density at radius 1 is 0.846 bits per heavy atom. The zero-order chi connectivity index (χ0) is 18.8. The third-order valence-corrected chi connectivity index (χ3v) is 3.33. The van der Waals surface area contributed by atoms with Crippen molar-refractivity contribution in [3.05, 3.63) is 61.7 Å². The van der Waals surface area contributed by atoms with Gasteiger partial charge in [0.15, 0.2) is 0 Å². The van der Waals surface area contributed by atoms with Crippen molar-refractivity contribution in [2.24, 2.45) is 0 Å². The van der Waals surface area contributed by atoms with Crippen LogP contribution in [0.3, 0.4) is 0 Å². The van der Waals surface area contributed by atoms with Crippen molar-refractivity contribution in [3.63, 3.8) is 0 Å². The highest BCUT2D eigenvalue weighted by molar-refractivity contribution is 5.89. The number of ether oxygens (including phenoxy) is 4. The Morgan fingerprint density at radius 3 is 2.15 bits per heavy atom. The molecule has 0 aliphatic heterocycles. The molecule has 6 nitrogen and oxygen atoms in total. The molecule has 0 N–H and O–H groups in total. The molecule has 6 heteroatoms. The van der Waals surface area contributed by atoms with Crippen LogP contribution in [0.5, 0.6) is 11.5 Å². The van der Waals surface area contributed by atoms with E-state index in [2.05, 4.69) is 13.2 Å². The minimum Gasteiger partial charge on any atom is -0.490 e. The van der Waals surface area contributed by atoms with E-state index >= 15 is 0 Å². The zero-order valence-electron chi connectivity index (χ0n) is 14.3. The molecule has 2 aromatic rings. The van der Waals surface area contributed by atoms with Gasteiger partial charge in [-0.05, 0) is 23.6 Å². The smallest absolute Gasteiger partial charge is 0.330 e. The number of esters is 2. The Balaban J connectivity index is 1.97. The average Bonchev–Trinajstić information content (AvgIpc) is 2.68. The molecule has 2 rings (SSSR count). The minimum absolute atomic E-state index is 0.131. The molecule has 0 aliphatic rings. The SMILES string of the molecule is C=CC(=O)OCCOc1ccc2cccc(OCCOC(=O)C=C)c2c1. The summed E-state index contributed by atoms with van der Waals surface area (Å²) in [6, 6.07) is 11.2. The Hall–Kier alpha value is -3.28. The molecule has 0 saturated heterocycles. The Morgan fingerprint density at radius 2 is 1.50 bits per heavy atom. The monoisotopic (exact) mass is 356 g/mol. The van der Waals surface area contributed by atoms with Gasteiger partial charge < -0.3 is 18.9 Å². The summed E-state index contributed by atoms with van der Waals surface area (Å²) >= 11 is 0. The normalized spacial score (nSPS) is 10.0. The molecule has 0 spiro atoms. The molecule has 136 valence electrons. The van der Waals surface area contributed by atoms with Crippen molar-refractivity contribution in [1.82, 2.24) is 0 Å². The lowest BCUT2D eigenvalue weighted by molar-refractivity contribution is -0.139. The van der Waals surface area contributed by atoms with Crippen LogP contribution in [0, 0.1) is 0 Å². The Kier molecular flexibility index (Phi) is 7.24. The maximum Gasteiger partial charge on any atom is 0.330 e. The lowest BCUT2D eigenvalue weighted by Crippen LogP contribution is -2.10. The zero-order valence-corrected chi connectivity index (χ0v) is 14.3. The van der Waals surface area contributed by atoms with E-state index in [9.17, 15) is 9.59 Å². The van der Waals surface area contributed by atoms with Crippen LogP contribution in [0.1, 0.15) is 0 Å². The summed E-state index contributed by atoms with van der Waals surface area (Å²) in [6.07, 6.45) is 2.21. The van der Waals surface area contributed by atoms with E-state index < -0.39 is 11.9 Å². The number of fused-ring (bicyclic) bond motifs is 1. The van der Waals surface area contributed by atoms with Gasteiger partial charge in [-0.2, -0.15) is 0 Å². The van der Waals surface area contributed by atoms with E-state index in [1.54, 1.807) is 0 Å². The molecule has 0 atom stereocenters. The predicted octanol–water partition coefficient (Wildman–Crippen LogP) is 3.06. The Bertz CT molecular complexity index is 796. The van der Waals surface area contributed by atoms with Gasteiger partial charge in [-0.1, -0.05) is 31.4 Å². The highest BCUT2D eigenvalue weighted by Crippen LogP contribution is 2.29. The molecular weight excluding hydrogens is 336 g/mol. The fourth-order valence-corrected chi connectivity index (χ4v) is 2.15. The highest BCUT2D eigenvalue weighted by atomic mass is 16.6. The van der Waals surface area contributed by atoms with Gasteiger partial charge in [-0.3, -0.25) is 0 Å². The topological polar surface area (TPSA) is 71.1 Å². The second-order valence-corrected chi connectivity index (χ2v) is 5.08. The standard InChI is InChI=1S/C20H20O6/c1-3-19(21)25-12-10-23-16-9-8-15-6-5-7-18(17(15)14-16)24-11-13-26-20(22)4-2/h3-9,14H,1-2,10-13H2. The number of carbonyl (C=O) groups excluding carboxylic acids is 2. The van der Waals surface area contributed by atoms with E-state index in [4.69, 9.17) is 18.9 Å². The molecule has 0 heterocycles. The van der Waals surface area contributed by atoms with Crippen LogP contribution in [-0.4, -0.2) is 38.4 Å². The maximum atomic E-state index is 11.0. The minimum atomic E-state index is -0.487. The van der Waals surface area contributed by atoms with Crippen molar-refractivity contribution in [2.75, 3.05) is 26.4 Å². The second-order valence-electron chi connectivity index (χ2n) is 5.08. The summed E-state index contributed by atoms with van der Waals surface area (Å²) in [5, 5.41) is 1.85. The summed E-state index contributed by atoms with van der Waals surface area (Å²) in [6.45, 7) is 7.37. The van der Waals surface area contributed by atoms with Gasteiger partial charge in [0.1, 0.15) is 37.9 Å². The van der Waals surface area contributed by atoms with E-state index in [-0.39, 0.29) is 26.4 Å². The Labute approximate surface area is 151 Å². The van der Waals surface area contributed by atoms with Crippen molar-refractivity contribution in [2.45, 2.75) is 0 Å². The van der Waals surface area contributed by atoms with E-state index in [1.807, 2.05) is 36.4 Å². The third kappa shape index (κ3) is 5.66. The van der Waals surface area contributed by atoms with Crippen LogP contribution < -0.4 is 9.47 Å². The first kappa shape index (κ1) is 19.1. The summed E-state index contributed by atoms with van der Waals surface area (Å²) < 4.78 is 21.0. The lowest BCUT2D eigenvalue weighted by atomic mass is 10.1. The summed E-state index contributed by atoms with van der Waals surface area (Å²) in [5.74, 6) is 0.307.